The van der Waals surface area contributed by atoms with Crippen LogP contribution in [-0.4, -0.2) is 18.2 Å². The van der Waals surface area contributed by atoms with Gasteiger partial charge in [0, 0.05) is 11.8 Å². The number of fused-ring (bicyclic) bond motifs is 1. The van der Waals surface area contributed by atoms with Gasteiger partial charge in [-0.1, -0.05) is 51.4 Å². The number of halogens is 4. The molecule has 0 radical (unpaired) electrons. The highest BCUT2D eigenvalue weighted by Gasteiger charge is 2.41. The number of nitrogens with one attached hydrogen (secondary N) is 1. The molecule has 0 aliphatic carbocycles. The highest BCUT2D eigenvalue weighted by molar-refractivity contribution is 6.32. The van der Waals surface area contributed by atoms with E-state index >= 15 is 0 Å². The zero-order valence-corrected chi connectivity index (χ0v) is 20.2. The first-order chi connectivity index (χ1) is 15.9. The molecule has 0 spiro atoms. The number of ether oxygens (including phenoxy) is 1. The van der Waals surface area contributed by atoms with Crippen molar-refractivity contribution in [2.45, 2.75) is 40.4 Å². The van der Waals surface area contributed by atoms with Gasteiger partial charge in [-0.3, -0.25) is 4.79 Å². The molecular formula is C25H28ClF3NO4+. The summed E-state index contributed by atoms with van der Waals surface area (Å²) in [6.07, 6.45) is -5.02. The molecule has 2 aromatic carbocycles. The molecule has 0 unspecified atom stereocenters. The molecule has 0 aliphatic heterocycles. The highest BCUT2D eigenvalue weighted by Crippen LogP contribution is 2.40. The normalized spacial score (nSPS) is 12.3. The number of para-hydroxylation sites is 1. The molecule has 0 aliphatic rings. The number of hydrogen-bond acceptors (Lipinski definition) is 4. The average Bonchev–Trinajstić information content (AvgIpc) is 2.71. The number of aromatic hydroxyl groups is 1. The van der Waals surface area contributed by atoms with Crippen LogP contribution in [0, 0.1) is 11.8 Å². The zero-order chi connectivity index (χ0) is 25.2. The second kappa shape index (κ2) is 10.3. The van der Waals surface area contributed by atoms with E-state index in [1.165, 1.54) is 30.3 Å². The summed E-state index contributed by atoms with van der Waals surface area (Å²) in [7, 11) is 0. The quantitative estimate of drug-likeness (QED) is 0.420. The van der Waals surface area contributed by atoms with Crippen molar-refractivity contribution in [3.05, 3.63) is 63.0 Å². The first kappa shape index (κ1) is 25.9. The van der Waals surface area contributed by atoms with Crippen LogP contribution in [0.4, 0.5) is 13.2 Å². The second-order valence-corrected chi connectivity index (χ2v) is 9.59. The Hall–Kier alpha value is -2.71. The Bertz CT molecular complexity index is 1210. The molecule has 5 nitrogen and oxygen atoms in total. The number of alkyl halides is 3. The van der Waals surface area contributed by atoms with Crippen molar-refractivity contribution in [3.8, 4) is 17.2 Å². The van der Waals surface area contributed by atoms with Crippen LogP contribution in [0.3, 0.4) is 0 Å². The Morgan fingerprint density at radius 1 is 1.06 bits per heavy atom. The van der Waals surface area contributed by atoms with E-state index in [1.807, 2.05) is 27.7 Å². The molecule has 1 aromatic heterocycles. The summed E-state index contributed by atoms with van der Waals surface area (Å²) in [6.45, 7) is 9.85. The molecular weight excluding hydrogens is 471 g/mol. The van der Waals surface area contributed by atoms with Crippen LogP contribution in [0.5, 0.6) is 17.2 Å². The van der Waals surface area contributed by atoms with Gasteiger partial charge in [0.25, 0.3) is 5.76 Å². The van der Waals surface area contributed by atoms with Crippen molar-refractivity contribution in [3.63, 3.8) is 0 Å². The number of phenolic OH excluding ortho intramolecular Hbond substituents is 1. The molecule has 0 saturated heterocycles. The molecule has 0 atom stereocenters. The monoisotopic (exact) mass is 498 g/mol. The third-order valence-corrected chi connectivity index (χ3v) is 5.54. The third-order valence-electron chi connectivity index (χ3n) is 5.22. The summed E-state index contributed by atoms with van der Waals surface area (Å²) in [5.41, 5.74) is -1.14. The standard InChI is InChI=1S/C25H27ClF3NO4/c1-14(2)11-30(12-15(3)4)13-17-19(31)10-9-16-21(32)23(24(25(27,28)29)34-22(16)17)33-20-8-6-5-7-18(20)26/h5-10,14-15,31H,11-13H2,1-4H3/p+1. The zero-order valence-electron chi connectivity index (χ0n) is 19.4. The summed E-state index contributed by atoms with van der Waals surface area (Å²) in [6, 6.07) is 8.43. The van der Waals surface area contributed by atoms with Crippen LogP contribution < -0.4 is 15.1 Å². The van der Waals surface area contributed by atoms with Crippen molar-refractivity contribution in [2.75, 3.05) is 13.1 Å². The molecule has 0 amide bonds. The van der Waals surface area contributed by atoms with Crippen LogP contribution >= 0.6 is 11.6 Å². The lowest BCUT2D eigenvalue weighted by atomic mass is 10.1. The molecule has 0 fully saturated rings. The molecule has 0 bridgehead atoms. The number of rotatable bonds is 8. The van der Waals surface area contributed by atoms with Gasteiger partial charge in [0.05, 0.1) is 29.1 Å². The highest BCUT2D eigenvalue weighted by atomic mass is 35.5. The minimum Gasteiger partial charge on any atom is -0.507 e. The van der Waals surface area contributed by atoms with E-state index in [4.69, 9.17) is 20.8 Å². The summed E-state index contributed by atoms with van der Waals surface area (Å²) >= 11 is 6.02. The van der Waals surface area contributed by atoms with E-state index in [0.717, 1.165) is 18.0 Å². The lowest BCUT2D eigenvalue weighted by Gasteiger charge is -2.24. The maximum Gasteiger partial charge on any atom is 0.453 e. The number of quaternary nitrogens is 1. The van der Waals surface area contributed by atoms with Gasteiger partial charge in [-0.05, 0) is 24.3 Å². The Morgan fingerprint density at radius 3 is 2.24 bits per heavy atom. The summed E-state index contributed by atoms with van der Waals surface area (Å²) in [5, 5.41) is 10.5. The molecule has 184 valence electrons. The molecule has 9 heteroatoms. The van der Waals surface area contributed by atoms with Gasteiger partial charge >= 0.3 is 6.18 Å². The number of phenols is 1. The molecule has 34 heavy (non-hydrogen) atoms. The lowest BCUT2D eigenvalue weighted by molar-refractivity contribution is -0.919. The average molecular weight is 499 g/mol. The summed E-state index contributed by atoms with van der Waals surface area (Å²) in [5.74, 6) is -2.28. The molecule has 3 aromatic rings. The van der Waals surface area contributed by atoms with E-state index < -0.39 is 23.1 Å². The number of benzene rings is 2. The minimum absolute atomic E-state index is 0.0446. The van der Waals surface area contributed by atoms with E-state index in [9.17, 15) is 23.1 Å². The fraction of sp³-hybridized carbons (Fsp3) is 0.400. The maximum absolute atomic E-state index is 14.0. The number of hydrogen-bond donors (Lipinski definition) is 2. The molecule has 2 N–H and O–H groups in total. The molecule has 1 heterocycles. The Labute approximate surface area is 200 Å². The Balaban J connectivity index is 2.21. The van der Waals surface area contributed by atoms with Crippen LogP contribution in [0.2, 0.25) is 5.02 Å². The second-order valence-electron chi connectivity index (χ2n) is 9.18. The van der Waals surface area contributed by atoms with Crippen LogP contribution in [0.1, 0.15) is 39.0 Å². The third kappa shape index (κ3) is 5.85. The topological polar surface area (TPSA) is 64.1 Å². The van der Waals surface area contributed by atoms with Crippen molar-refractivity contribution in [1.82, 2.24) is 0 Å². The van der Waals surface area contributed by atoms with Crippen LogP contribution in [0.15, 0.2) is 45.6 Å². The Morgan fingerprint density at radius 2 is 1.68 bits per heavy atom. The van der Waals surface area contributed by atoms with E-state index in [1.54, 1.807) is 6.07 Å². The van der Waals surface area contributed by atoms with Crippen LogP contribution in [-0.2, 0) is 12.7 Å². The Kier molecular flexibility index (Phi) is 7.83. The fourth-order valence-electron chi connectivity index (χ4n) is 4.01. The molecule has 0 saturated carbocycles. The SMILES string of the molecule is CC(C)C[NH+](Cc1c(O)ccc2c(=O)c(Oc3ccccc3Cl)c(C(F)(F)F)oc12)CC(C)C. The van der Waals surface area contributed by atoms with Crippen LogP contribution in [0.25, 0.3) is 11.0 Å². The lowest BCUT2D eigenvalue weighted by Crippen LogP contribution is -3.11. The van der Waals surface area contributed by atoms with Gasteiger partial charge < -0.3 is 19.2 Å². The van der Waals surface area contributed by atoms with Gasteiger partial charge in [-0.25, -0.2) is 0 Å². The smallest absolute Gasteiger partial charge is 0.453 e. The summed E-state index contributed by atoms with van der Waals surface area (Å²) in [4.78, 5) is 14.3. The largest absolute Gasteiger partial charge is 0.507 e. The van der Waals surface area contributed by atoms with E-state index in [0.29, 0.717) is 11.8 Å². The predicted octanol–water partition coefficient (Wildman–Crippen LogP) is 5.66. The minimum atomic E-state index is -5.02. The van der Waals surface area contributed by atoms with Gasteiger partial charge in [0.1, 0.15) is 18.0 Å². The van der Waals surface area contributed by atoms with Crippen molar-refractivity contribution in [2.24, 2.45) is 11.8 Å². The van der Waals surface area contributed by atoms with Crippen molar-refractivity contribution in [1.29, 1.82) is 0 Å². The van der Waals surface area contributed by atoms with Gasteiger partial charge in [0.15, 0.2) is 5.58 Å². The van der Waals surface area contributed by atoms with Gasteiger partial charge in [0.2, 0.25) is 11.2 Å². The maximum atomic E-state index is 14.0. The predicted molar refractivity (Wildman–Crippen MR) is 125 cm³/mol. The molecule has 3 rings (SSSR count). The van der Waals surface area contributed by atoms with E-state index in [2.05, 4.69) is 0 Å². The van der Waals surface area contributed by atoms with E-state index in [-0.39, 0.29) is 39.6 Å². The van der Waals surface area contributed by atoms with Gasteiger partial charge in [-0.2, -0.15) is 13.2 Å². The fourth-order valence-corrected chi connectivity index (χ4v) is 4.18. The van der Waals surface area contributed by atoms with Gasteiger partial charge in [-0.15, -0.1) is 0 Å². The first-order valence-corrected chi connectivity index (χ1v) is 11.4. The first-order valence-electron chi connectivity index (χ1n) is 11.0. The summed E-state index contributed by atoms with van der Waals surface area (Å²) < 4.78 is 52.6. The van der Waals surface area contributed by atoms with Crippen molar-refractivity contribution >= 4 is 22.6 Å². The van der Waals surface area contributed by atoms with Crippen molar-refractivity contribution < 1.29 is 32.3 Å².